The maximum absolute atomic E-state index is 12.5. The Labute approximate surface area is 112 Å². The van der Waals surface area contributed by atoms with E-state index >= 15 is 0 Å². The van der Waals surface area contributed by atoms with Crippen molar-refractivity contribution in [1.82, 2.24) is 4.98 Å². The number of carbonyl (C=O) groups is 1. The molecule has 0 atom stereocenters. The number of nitrogens with one attached hydrogen (secondary N) is 1. The zero-order valence-corrected chi connectivity index (χ0v) is 11.2. The first-order chi connectivity index (χ1) is 8.68. The summed E-state index contributed by atoms with van der Waals surface area (Å²) in [7, 11) is 0. The summed E-state index contributed by atoms with van der Waals surface area (Å²) in [6.45, 7) is 1.90. The van der Waals surface area contributed by atoms with Gasteiger partial charge < -0.3 is 9.40 Å². The monoisotopic (exact) mass is 303 g/mol. The number of benzene rings is 1. The molecule has 18 heavy (non-hydrogen) atoms. The van der Waals surface area contributed by atoms with Crippen LogP contribution < -0.4 is 0 Å². The van der Waals surface area contributed by atoms with Crippen molar-refractivity contribution >= 4 is 32.6 Å². The molecule has 3 aromatic rings. The van der Waals surface area contributed by atoms with Gasteiger partial charge in [0.2, 0.25) is 0 Å². The van der Waals surface area contributed by atoms with Gasteiger partial charge in [0, 0.05) is 16.6 Å². The van der Waals surface area contributed by atoms with Crippen molar-refractivity contribution in [3.8, 4) is 0 Å². The number of aromatic amines is 1. The van der Waals surface area contributed by atoms with E-state index in [1.807, 2.05) is 31.2 Å². The molecule has 1 N–H and O–H groups in total. The molecule has 3 nitrogen and oxygen atoms in total. The molecule has 0 aliphatic heterocycles. The first-order valence-corrected chi connectivity index (χ1v) is 6.33. The largest absolute Gasteiger partial charge is 0.457 e. The smallest absolute Gasteiger partial charge is 0.199 e. The fraction of sp³-hybridized carbons (Fsp3) is 0.0714. The molecular formula is C14H10BrNO2. The first kappa shape index (κ1) is 11.3. The lowest BCUT2D eigenvalue weighted by molar-refractivity contribution is 0.103. The summed E-state index contributed by atoms with van der Waals surface area (Å²) >= 11 is 3.24. The van der Waals surface area contributed by atoms with Crippen molar-refractivity contribution in [2.45, 2.75) is 6.92 Å². The predicted molar refractivity (Wildman–Crippen MR) is 72.9 cm³/mol. The maximum Gasteiger partial charge on any atom is 0.199 e. The highest BCUT2D eigenvalue weighted by atomic mass is 79.9. The molecule has 4 heteroatoms. The summed E-state index contributed by atoms with van der Waals surface area (Å²) in [6.07, 6.45) is 1.50. The van der Waals surface area contributed by atoms with Gasteiger partial charge in [0.25, 0.3) is 0 Å². The Morgan fingerprint density at radius 2 is 2.06 bits per heavy atom. The number of aromatic nitrogens is 1. The predicted octanol–water partition coefficient (Wildman–Crippen LogP) is 4.06. The lowest BCUT2D eigenvalue weighted by Gasteiger charge is -1.99. The van der Waals surface area contributed by atoms with Gasteiger partial charge in [-0.05, 0) is 35.0 Å². The number of fused-ring (bicyclic) bond motifs is 1. The van der Waals surface area contributed by atoms with Crippen LogP contribution in [-0.2, 0) is 0 Å². The Morgan fingerprint density at radius 3 is 2.78 bits per heavy atom. The van der Waals surface area contributed by atoms with Gasteiger partial charge in [-0.25, -0.2) is 0 Å². The van der Waals surface area contributed by atoms with E-state index in [0.29, 0.717) is 15.8 Å². The van der Waals surface area contributed by atoms with Crippen LogP contribution in [-0.4, -0.2) is 10.8 Å². The second-order valence-corrected chi connectivity index (χ2v) is 4.83. The summed E-state index contributed by atoms with van der Waals surface area (Å²) in [5.41, 5.74) is 3.09. The molecule has 2 aromatic heterocycles. The van der Waals surface area contributed by atoms with Crippen LogP contribution in [0.25, 0.3) is 10.9 Å². The van der Waals surface area contributed by atoms with E-state index in [0.717, 1.165) is 16.6 Å². The van der Waals surface area contributed by atoms with Gasteiger partial charge in [-0.15, -0.1) is 0 Å². The van der Waals surface area contributed by atoms with Gasteiger partial charge in [0.1, 0.15) is 0 Å². The zero-order chi connectivity index (χ0) is 12.7. The van der Waals surface area contributed by atoms with Crippen molar-refractivity contribution in [1.29, 1.82) is 0 Å². The van der Waals surface area contributed by atoms with Gasteiger partial charge in [-0.3, -0.25) is 4.79 Å². The van der Waals surface area contributed by atoms with Crippen molar-refractivity contribution < 1.29 is 9.21 Å². The Hall–Kier alpha value is -1.81. The zero-order valence-electron chi connectivity index (χ0n) is 9.66. The minimum atomic E-state index is -0.0365. The number of ketones is 1. The molecule has 0 saturated carbocycles. The molecule has 0 amide bonds. The minimum Gasteiger partial charge on any atom is -0.457 e. The Bertz CT molecular complexity index is 739. The van der Waals surface area contributed by atoms with Crippen molar-refractivity contribution in [2.75, 3.05) is 0 Å². The number of furan rings is 1. The van der Waals surface area contributed by atoms with E-state index in [-0.39, 0.29) is 5.78 Å². The number of rotatable bonds is 2. The quantitative estimate of drug-likeness (QED) is 0.726. The van der Waals surface area contributed by atoms with Crippen LogP contribution in [0.2, 0.25) is 0 Å². The number of carbonyl (C=O) groups excluding carboxylic acids is 1. The number of H-pyrrole nitrogens is 1. The standard InChI is InChI=1S/C14H10BrNO2/c1-8-12(9-4-2-3-5-11(9)16-8)13(17)10-6-7-18-14(10)15/h2-7,16H,1H3. The van der Waals surface area contributed by atoms with E-state index in [4.69, 9.17) is 4.42 Å². The van der Waals surface area contributed by atoms with Gasteiger partial charge in [-0.1, -0.05) is 18.2 Å². The third-order valence-electron chi connectivity index (χ3n) is 2.98. The molecule has 3 rings (SSSR count). The lowest BCUT2D eigenvalue weighted by atomic mass is 10.0. The van der Waals surface area contributed by atoms with E-state index in [2.05, 4.69) is 20.9 Å². The normalized spacial score (nSPS) is 11.0. The molecule has 0 aliphatic rings. The van der Waals surface area contributed by atoms with E-state index in [9.17, 15) is 4.79 Å². The fourth-order valence-electron chi connectivity index (χ4n) is 2.16. The summed E-state index contributed by atoms with van der Waals surface area (Å²) in [5.74, 6) is -0.0365. The van der Waals surface area contributed by atoms with Crippen molar-refractivity contribution in [3.05, 3.63) is 58.1 Å². The lowest BCUT2D eigenvalue weighted by Crippen LogP contribution is -2.01. The van der Waals surface area contributed by atoms with Crippen LogP contribution in [0.5, 0.6) is 0 Å². The summed E-state index contributed by atoms with van der Waals surface area (Å²) in [6, 6.07) is 9.45. The number of halogens is 1. The number of hydrogen-bond donors (Lipinski definition) is 1. The third-order valence-corrected chi connectivity index (χ3v) is 3.60. The van der Waals surface area contributed by atoms with E-state index < -0.39 is 0 Å². The highest BCUT2D eigenvalue weighted by Gasteiger charge is 2.20. The number of hydrogen-bond acceptors (Lipinski definition) is 2. The highest BCUT2D eigenvalue weighted by molar-refractivity contribution is 9.10. The first-order valence-electron chi connectivity index (χ1n) is 5.53. The van der Waals surface area contributed by atoms with E-state index in [1.54, 1.807) is 6.07 Å². The molecule has 0 radical (unpaired) electrons. The van der Waals surface area contributed by atoms with Gasteiger partial charge in [-0.2, -0.15) is 0 Å². The minimum absolute atomic E-state index is 0.0365. The average molecular weight is 304 g/mol. The summed E-state index contributed by atoms with van der Waals surface area (Å²) in [5, 5.41) is 0.938. The molecule has 2 heterocycles. The number of para-hydroxylation sites is 1. The molecular weight excluding hydrogens is 294 g/mol. The summed E-state index contributed by atoms with van der Waals surface area (Å²) < 4.78 is 5.59. The second kappa shape index (κ2) is 4.14. The van der Waals surface area contributed by atoms with Crippen LogP contribution >= 0.6 is 15.9 Å². The van der Waals surface area contributed by atoms with Gasteiger partial charge in [0.15, 0.2) is 10.5 Å². The van der Waals surface area contributed by atoms with Crippen LogP contribution in [0.1, 0.15) is 21.6 Å². The maximum atomic E-state index is 12.5. The van der Waals surface area contributed by atoms with Crippen LogP contribution in [0.3, 0.4) is 0 Å². The molecule has 0 fully saturated rings. The van der Waals surface area contributed by atoms with E-state index in [1.165, 1.54) is 6.26 Å². The molecule has 0 saturated heterocycles. The summed E-state index contributed by atoms with van der Waals surface area (Å²) in [4.78, 5) is 15.7. The van der Waals surface area contributed by atoms with Crippen molar-refractivity contribution in [3.63, 3.8) is 0 Å². The topological polar surface area (TPSA) is 46.0 Å². The van der Waals surface area contributed by atoms with Gasteiger partial charge >= 0.3 is 0 Å². The van der Waals surface area contributed by atoms with Crippen LogP contribution in [0, 0.1) is 6.92 Å². The molecule has 90 valence electrons. The second-order valence-electron chi connectivity index (χ2n) is 4.11. The molecule has 1 aromatic carbocycles. The molecule has 0 unspecified atom stereocenters. The molecule has 0 aliphatic carbocycles. The number of aryl methyl sites for hydroxylation is 1. The molecule has 0 spiro atoms. The van der Waals surface area contributed by atoms with Crippen LogP contribution in [0.15, 0.2) is 45.7 Å². The van der Waals surface area contributed by atoms with Crippen molar-refractivity contribution in [2.24, 2.45) is 0 Å². The average Bonchev–Trinajstić information content (AvgIpc) is 2.91. The highest BCUT2D eigenvalue weighted by Crippen LogP contribution is 2.27. The SMILES string of the molecule is Cc1[nH]c2ccccc2c1C(=O)c1ccoc1Br. The fourth-order valence-corrected chi connectivity index (χ4v) is 2.58. The Kier molecular flexibility index (Phi) is 2.59. The van der Waals surface area contributed by atoms with Gasteiger partial charge in [0.05, 0.1) is 17.4 Å². The molecule has 0 bridgehead atoms. The third kappa shape index (κ3) is 1.61. The Morgan fingerprint density at radius 1 is 1.28 bits per heavy atom. The Balaban J connectivity index is 2.23. The van der Waals surface area contributed by atoms with Crippen LogP contribution in [0.4, 0.5) is 0 Å².